The number of likely N-dealkylation sites (tertiary alicyclic amines) is 1. The predicted octanol–water partition coefficient (Wildman–Crippen LogP) is 1.02. The molecule has 1 N–H and O–H groups in total. The van der Waals surface area contributed by atoms with Gasteiger partial charge in [0.05, 0.1) is 6.54 Å². The van der Waals surface area contributed by atoms with Crippen LogP contribution < -0.4 is 0 Å². The second-order valence-electron chi connectivity index (χ2n) is 3.29. The first-order valence-corrected chi connectivity index (χ1v) is 4.76. The van der Waals surface area contributed by atoms with Crippen LogP contribution in [0.2, 0.25) is 0 Å². The topological polar surface area (TPSA) is 40.5 Å². The summed E-state index contributed by atoms with van der Waals surface area (Å²) in [5.74, 6) is 0.390. The third-order valence-corrected chi connectivity index (χ3v) is 2.62. The summed E-state index contributed by atoms with van der Waals surface area (Å²) in [5.41, 5.74) is 0. The van der Waals surface area contributed by atoms with Crippen molar-refractivity contribution >= 4 is 17.6 Å². The van der Waals surface area contributed by atoms with Gasteiger partial charge < -0.3 is 5.11 Å². The van der Waals surface area contributed by atoms with Crippen LogP contribution in [0.3, 0.4) is 0 Å². The first-order chi connectivity index (χ1) is 5.72. The first kappa shape index (κ1) is 9.81. The minimum Gasteiger partial charge on any atom is -0.480 e. The number of nitrogens with zero attached hydrogens (tertiary/aromatic N) is 1. The number of hydrogen-bond donors (Lipinski definition) is 1. The van der Waals surface area contributed by atoms with E-state index in [4.69, 9.17) is 16.7 Å². The molecule has 1 aliphatic rings. The van der Waals surface area contributed by atoms with E-state index in [1.807, 2.05) is 4.90 Å². The van der Waals surface area contributed by atoms with Gasteiger partial charge in [0.2, 0.25) is 0 Å². The van der Waals surface area contributed by atoms with Gasteiger partial charge in [0.25, 0.3) is 0 Å². The fourth-order valence-corrected chi connectivity index (χ4v) is 1.86. The number of carboxylic acids is 1. The molecule has 1 heterocycles. The van der Waals surface area contributed by atoms with Crippen molar-refractivity contribution in [3.63, 3.8) is 0 Å². The van der Waals surface area contributed by atoms with Crippen molar-refractivity contribution in [1.82, 2.24) is 4.90 Å². The van der Waals surface area contributed by atoms with Gasteiger partial charge >= 0.3 is 5.97 Å². The van der Waals surface area contributed by atoms with Gasteiger partial charge in [-0.2, -0.15) is 0 Å². The average Bonchev–Trinajstić information content (AvgIpc) is 2.03. The molecule has 0 amide bonds. The van der Waals surface area contributed by atoms with Gasteiger partial charge in [0.15, 0.2) is 0 Å². The summed E-state index contributed by atoms with van der Waals surface area (Å²) in [5, 5.41) is 8.55. The van der Waals surface area contributed by atoms with Crippen molar-refractivity contribution in [2.45, 2.75) is 12.8 Å². The van der Waals surface area contributed by atoms with Crippen molar-refractivity contribution in [2.24, 2.45) is 5.92 Å². The number of rotatable bonds is 3. The highest BCUT2D eigenvalue weighted by molar-refractivity contribution is 6.18. The third kappa shape index (κ3) is 2.99. The molecule has 0 aromatic carbocycles. The maximum absolute atomic E-state index is 10.4. The monoisotopic (exact) mass is 191 g/mol. The Morgan fingerprint density at radius 2 is 2.42 bits per heavy atom. The van der Waals surface area contributed by atoms with Crippen LogP contribution in [0.15, 0.2) is 0 Å². The molecule has 0 aliphatic carbocycles. The number of alkyl halides is 1. The SMILES string of the molecule is O=C(O)CN1CCC[C@@H](CCl)C1. The summed E-state index contributed by atoms with van der Waals surface area (Å²) in [7, 11) is 0. The Hall–Kier alpha value is -0.280. The van der Waals surface area contributed by atoms with E-state index in [-0.39, 0.29) is 6.54 Å². The molecule has 0 aromatic rings. The molecule has 1 saturated heterocycles. The Balaban J connectivity index is 2.30. The van der Waals surface area contributed by atoms with Gasteiger partial charge in [-0.3, -0.25) is 9.69 Å². The minimum absolute atomic E-state index is 0.160. The Bertz CT molecular complexity index is 163. The predicted molar refractivity (Wildman–Crippen MR) is 47.5 cm³/mol. The summed E-state index contributed by atoms with van der Waals surface area (Å²) in [6.07, 6.45) is 2.21. The van der Waals surface area contributed by atoms with Crippen molar-refractivity contribution in [2.75, 3.05) is 25.5 Å². The second-order valence-corrected chi connectivity index (χ2v) is 3.60. The van der Waals surface area contributed by atoms with Gasteiger partial charge in [0, 0.05) is 12.4 Å². The van der Waals surface area contributed by atoms with E-state index in [9.17, 15) is 4.79 Å². The van der Waals surface area contributed by atoms with Gasteiger partial charge in [0.1, 0.15) is 0 Å². The number of hydrogen-bond acceptors (Lipinski definition) is 2. The number of halogens is 1. The summed E-state index contributed by atoms with van der Waals surface area (Å²) < 4.78 is 0. The van der Waals surface area contributed by atoms with Gasteiger partial charge in [-0.05, 0) is 25.3 Å². The zero-order valence-electron chi connectivity index (χ0n) is 7.00. The van der Waals surface area contributed by atoms with Crippen LogP contribution >= 0.6 is 11.6 Å². The van der Waals surface area contributed by atoms with Crippen LogP contribution in [0.5, 0.6) is 0 Å². The van der Waals surface area contributed by atoms with Gasteiger partial charge in [-0.1, -0.05) is 0 Å². The number of carbonyl (C=O) groups is 1. The summed E-state index contributed by atoms with van der Waals surface area (Å²) >= 11 is 5.71. The highest BCUT2D eigenvalue weighted by atomic mass is 35.5. The molecule has 0 aromatic heterocycles. The smallest absolute Gasteiger partial charge is 0.317 e. The number of carboxylic acid groups (broad SMARTS) is 1. The molecule has 1 aliphatic heterocycles. The largest absolute Gasteiger partial charge is 0.480 e. The molecule has 1 rings (SSSR count). The Labute approximate surface area is 77.3 Å². The first-order valence-electron chi connectivity index (χ1n) is 4.22. The molecule has 0 spiro atoms. The van der Waals surface area contributed by atoms with Crippen LogP contribution in [-0.4, -0.2) is 41.5 Å². The van der Waals surface area contributed by atoms with E-state index in [1.165, 1.54) is 0 Å². The lowest BCUT2D eigenvalue weighted by Crippen LogP contribution is -2.39. The Kier molecular flexibility index (Phi) is 3.82. The van der Waals surface area contributed by atoms with Crippen molar-refractivity contribution in [3.05, 3.63) is 0 Å². The highest BCUT2D eigenvalue weighted by Gasteiger charge is 2.20. The lowest BCUT2D eigenvalue weighted by Gasteiger charge is -2.30. The molecule has 0 unspecified atom stereocenters. The standard InChI is InChI=1S/C8H14ClNO2/c9-4-7-2-1-3-10(5-7)6-8(11)12/h7H,1-6H2,(H,11,12)/t7-/m0/s1. The molecule has 70 valence electrons. The fourth-order valence-electron chi connectivity index (χ4n) is 1.61. The minimum atomic E-state index is -0.745. The quantitative estimate of drug-likeness (QED) is 0.678. The second kappa shape index (κ2) is 4.67. The molecule has 3 nitrogen and oxygen atoms in total. The van der Waals surface area contributed by atoms with Gasteiger partial charge in [-0.15, -0.1) is 11.6 Å². The van der Waals surface area contributed by atoms with Crippen LogP contribution in [0.1, 0.15) is 12.8 Å². The molecule has 12 heavy (non-hydrogen) atoms. The summed E-state index contributed by atoms with van der Waals surface area (Å²) in [6, 6.07) is 0. The molecule has 0 bridgehead atoms. The van der Waals surface area contributed by atoms with E-state index in [2.05, 4.69) is 0 Å². The number of aliphatic carboxylic acids is 1. The van der Waals surface area contributed by atoms with E-state index < -0.39 is 5.97 Å². The lowest BCUT2D eigenvalue weighted by atomic mass is 10.0. The van der Waals surface area contributed by atoms with Crippen LogP contribution in [0, 0.1) is 5.92 Å². The zero-order chi connectivity index (χ0) is 8.97. The fraction of sp³-hybridized carbons (Fsp3) is 0.875. The molecule has 0 saturated carbocycles. The molecule has 0 radical (unpaired) electrons. The average molecular weight is 192 g/mol. The van der Waals surface area contributed by atoms with E-state index in [0.29, 0.717) is 11.8 Å². The lowest BCUT2D eigenvalue weighted by molar-refractivity contribution is -0.138. The maximum Gasteiger partial charge on any atom is 0.317 e. The van der Waals surface area contributed by atoms with Crippen molar-refractivity contribution < 1.29 is 9.90 Å². The van der Waals surface area contributed by atoms with Crippen molar-refractivity contribution in [1.29, 1.82) is 0 Å². The van der Waals surface area contributed by atoms with E-state index in [0.717, 1.165) is 25.9 Å². The normalized spacial score (nSPS) is 25.6. The number of piperidine rings is 1. The van der Waals surface area contributed by atoms with E-state index >= 15 is 0 Å². The third-order valence-electron chi connectivity index (χ3n) is 2.18. The van der Waals surface area contributed by atoms with Gasteiger partial charge in [-0.25, -0.2) is 0 Å². The highest BCUT2D eigenvalue weighted by Crippen LogP contribution is 2.16. The van der Waals surface area contributed by atoms with Crippen LogP contribution in [-0.2, 0) is 4.79 Å². The molecule has 1 atom stereocenters. The summed E-state index contributed by atoms with van der Waals surface area (Å²) in [4.78, 5) is 12.3. The van der Waals surface area contributed by atoms with Crippen LogP contribution in [0.25, 0.3) is 0 Å². The van der Waals surface area contributed by atoms with Crippen molar-refractivity contribution in [3.8, 4) is 0 Å². The maximum atomic E-state index is 10.4. The zero-order valence-corrected chi connectivity index (χ0v) is 7.76. The molecule has 4 heteroatoms. The Morgan fingerprint density at radius 1 is 1.67 bits per heavy atom. The Morgan fingerprint density at radius 3 is 3.00 bits per heavy atom. The molecular weight excluding hydrogens is 178 g/mol. The molecule has 1 fully saturated rings. The summed E-state index contributed by atoms with van der Waals surface area (Å²) in [6.45, 7) is 1.91. The molecular formula is C8H14ClNO2. The van der Waals surface area contributed by atoms with Crippen LogP contribution in [0.4, 0.5) is 0 Å². The van der Waals surface area contributed by atoms with E-state index in [1.54, 1.807) is 0 Å².